The van der Waals surface area contributed by atoms with E-state index in [4.69, 9.17) is 9.47 Å². The number of carbonyl (C=O) groups is 1. The number of fused-ring (bicyclic) bond motifs is 1. The minimum atomic E-state index is -0.0844. The van der Waals surface area contributed by atoms with E-state index in [1.807, 2.05) is 12.1 Å². The number of hydrogen-bond donors (Lipinski definition) is 2. The number of carbonyl (C=O) groups excluding carboxylic acids is 1. The smallest absolute Gasteiger partial charge is 0.316 e. The van der Waals surface area contributed by atoms with Crippen LogP contribution in [0, 0.1) is 0 Å². The molecule has 2 N–H and O–H groups in total. The van der Waals surface area contributed by atoms with E-state index in [2.05, 4.69) is 26.6 Å². The molecule has 7 heteroatoms. The fraction of sp³-hybridized carbons (Fsp3) is 0.500. The SMILES string of the molecule is CN(C)C(=O)NCCNCc1cc(Br)c2c(c1)OCCO2. The van der Waals surface area contributed by atoms with E-state index in [0.717, 1.165) is 21.5 Å². The van der Waals surface area contributed by atoms with E-state index in [0.29, 0.717) is 32.8 Å². The molecule has 1 aromatic rings. The highest BCUT2D eigenvalue weighted by Crippen LogP contribution is 2.38. The summed E-state index contributed by atoms with van der Waals surface area (Å²) in [5.41, 5.74) is 1.10. The fourth-order valence-corrected chi connectivity index (χ4v) is 2.52. The van der Waals surface area contributed by atoms with E-state index in [9.17, 15) is 4.79 Å². The molecule has 0 unspecified atom stereocenters. The Bertz CT molecular complexity index is 508. The lowest BCUT2D eigenvalue weighted by molar-refractivity contribution is 0.170. The van der Waals surface area contributed by atoms with Gasteiger partial charge < -0.3 is 25.0 Å². The zero-order chi connectivity index (χ0) is 15.2. The average molecular weight is 358 g/mol. The van der Waals surface area contributed by atoms with E-state index < -0.39 is 0 Å². The van der Waals surface area contributed by atoms with Crippen molar-refractivity contribution < 1.29 is 14.3 Å². The number of amides is 2. The van der Waals surface area contributed by atoms with Crippen LogP contribution in [0.2, 0.25) is 0 Å². The second kappa shape index (κ2) is 7.51. The van der Waals surface area contributed by atoms with Gasteiger partial charge in [0.25, 0.3) is 0 Å². The molecule has 0 aliphatic carbocycles. The summed E-state index contributed by atoms with van der Waals surface area (Å²) >= 11 is 3.50. The molecule has 1 aliphatic heterocycles. The largest absolute Gasteiger partial charge is 0.486 e. The molecule has 0 aromatic heterocycles. The molecule has 0 bridgehead atoms. The molecule has 2 rings (SSSR count). The van der Waals surface area contributed by atoms with Crippen molar-refractivity contribution in [2.24, 2.45) is 0 Å². The lowest BCUT2D eigenvalue weighted by atomic mass is 10.2. The van der Waals surface area contributed by atoms with Crippen LogP contribution in [0.25, 0.3) is 0 Å². The van der Waals surface area contributed by atoms with Crippen molar-refractivity contribution in [3.63, 3.8) is 0 Å². The average Bonchev–Trinajstić information content (AvgIpc) is 2.46. The normalized spacial score (nSPS) is 12.9. The molecule has 0 spiro atoms. The maximum Gasteiger partial charge on any atom is 0.316 e. The third-order valence-corrected chi connectivity index (χ3v) is 3.56. The number of halogens is 1. The lowest BCUT2D eigenvalue weighted by Gasteiger charge is -2.20. The second-order valence-electron chi connectivity index (χ2n) is 4.90. The quantitative estimate of drug-likeness (QED) is 0.785. The first-order chi connectivity index (χ1) is 10.1. The zero-order valence-electron chi connectivity index (χ0n) is 12.2. The monoisotopic (exact) mass is 357 g/mol. The van der Waals surface area contributed by atoms with Gasteiger partial charge in [0.1, 0.15) is 13.2 Å². The van der Waals surface area contributed by atoms with Gasteiger partial charge in [-0.25, -0.2) is 4.79 Å². The molecular weight excluding hydrogens is 338 g/mol. The van der Waals surface area contributed by atoms with Gasteiger partial charge in [0.2, 0.25) is 0 Å². The Hall–Kier alpha value is -1.47. The molecule has 2 amide bonds. The zero-order valence-corrected chi connectivity index (χ0v) is 13.8. The number of urea groups is 1. The minimum Gasteiger partial charge on any atom is -0.486 e. The number of nitrogens with one attached hydrogen (secondary N) is 2. The predicted octanol–water partition coefficient (Wildman–Crippen LogP) is 1.58. The molecular formula is C14H20BrN3O3. The summed E-state index contributed by atoms with van der Waals surface area (Å²) in [6.07, 6.45) is 0. The predicted molar refractivity (Wildman–Crippen MR) is 83.9 cm³/mol. The van der Waals surface area contributed by atoms with Crippen molar-refractivity contribution >= 4 is 22.0 Å². The minimum absolute atomic E-state index is 0.0844. The van der Waals surface area contributed by atoms with Crippen LogP contribution in [-0.4, -0.2) is 51.3 Å². The van der Waals surface area contributed by atoms with E-state index >= 15 is 0 Å². The van der Waals surface area contributed by atoms with Crippen LogP contribution in [0.15, 0.2) is 16.6 Å². The van der Waals surface area contributed by atoms with Gasteiger partial charge in [-0.15, -0.1) is 0 Å². The standard InChI is InChI=1S/C14H20BrN3O3/c1-18(2)14(19)17-4-3-16-9-10-7-11(15)13-12(8-10)20-5-6-21-13/h7-8,16H,3-6,9H2,1-2H3,(H,17,19). The lowest BCUT2D eigenvalue weighted by Crippen LogP contribution is -2.38. The highest BCUT2D eigenvalue weighted by atomic mass is 79.9. The van der Waals surface area contributed by atoms with Crippen LogP contribution >= 0.6 is 15.9 Å². The van der Waals surface area contributed by atoms with Crippen LogP contribution in [0.4, 0.5) is 4.79 Å². The first-order valence-electron chi connectivity index (χ1n) is 6.82. The van der Waals surface area contributed by atoms with Crippen molar-refractivity contribution in [1.29, 1.82) is 0 Å². The highest BCUT2D eigenvalue weighted by Gasteiger charge is 2.16. The Morgan fingerprint density at radius 1 is 1.29 bits per heavy atom. The van der Waals surface area contributed by atoms with Gasteiger partial charge in [0.05, 0.1) is 4.47 Å². The third kappa shape index (κ3) is 4.50. The molecule has 1 heterocycles. The van der Waals surface area contributed by atoms with Crippen LogP contribution < -0.4 is 20.1 Å². The van der Waals surface area contributed by atoms with Crippen molar-refractivity contribution in [2.75, 3.05) is 40.4 Å². The molecule has 1 aliphatic rings. The maximum absolute atomic E-state index is 11.3. The molecule has 0 saturated carbocycles. The van der Waals surface area contributed by atoms with Crippen molar-refractivity contribution in [3.05, 3.63) is 22.2 Å². The fourth-order valence-electron chi connectivity index (χ4n) is 1.91. The number of ether oxygens (including phenoxy) is 2. The topological polar surface area (TPSA) is 62.8 Å². The maximum atomic E-state index is 11.3. The van der Waals surface area contributed by atoms with Crippen LogP contribution in [0.5, 0.6) is 11.5 Å². The molecule has 0 atom stereocenters. The summed E-state index contributed by atoms with van der Waals surface area (Å²) in [5.74, 6) is 1.54. The third-order valence-electron chi connectivity index (χ3n) is 2.97. The summed E-state index contributed by atoms with van der Waals surface area (Å²) in [5, 5.41) is 6.08. The summed E-state index contributed by atoms with van der Waals surface area (Å²) < 4.78 is 12.0. The summed E-state index contributed by atoms with van der Waals surface area (Å²) in [4.78, 5) is 12.8. The number of rotatable bonds is 5. The Labute approximate surface area is 132 Å². The van der Waals surface area contributed by atoms with Gasteiger partial charge >= 0.3 is 6.03 Å². The molecule has 0 radical (unpaired) electrons. The molecule has 6 nitrogen and oxygen atoms in total. The first kappa shape index (κ1) is 15.9. The van der Waals surface area contributed by atoms with Gasteiger partial charge in [-0.05, 0) is 33.6 Å². The van der Waals surface area contributed by atoms with Gasteiger partial charge in [-0.3, -0.25) is 0 Å². The molecule has 0 saturated heterocycles. The molecule has 21 heavy (non-hydrogen) atoms. The summed E-state index contributed by atoms with van der Waals surface area (Å²) in [7, 11) is 3.44. The van der Waals surface area contributed by atoms with E-state index in [1.54, 1.807) is 14.1 Å². The number of hydrogen-bond acceptors (Lipinski definition) is 4. The van der Waals surface area contributed by atoms with Crippen molar-refractivity contribution in [3.8, 4) is 11.5 Å². The van der Waals surface area contributed by atoms with Crippen LogP contribution in [0.3, 0.4) is 0 Å². The van der Waals surface area contributed by atoms with Gasteiger partial charge in [-0.1, -0.05) is 0 Å². The number of benzene rings is 1. The Kier molecular flexibility index (Phi) is 5.69. The molecule has 116 valence electrons. The first-order valence-corrected chi connectivity index (χ1v) is 7.61. The Morgan fingerprint density at radius 2 is 2.05 bits per heavy atom. The van der Waals surface area contributed by atoms with E-state index in [1.165, 1.54) is 4.90 Å². The summed E-state index contributed by atoms with van der Waals surface area (Å²) in [6, 6.07) is 3.91. The van der Waals surface area contributed by atoms with Gasteiger partial charge in [-0.2, -0.15) is 0 Å². The Balaban J connectivity index is 1.79. The van der Waals surface area contributed by atoms with Crippen LogP contribution in [-0.2, 0) is 6.54 Å². The van der Waals surface area contributed by atoms with Gasteiger partial charge in [0.15, 0.2) is 11.5 Å². The molecule has 0 fully saturated rings. The summed E-state index contributed by atoms with van der Waals surface area (Å²) in [6.45, 7) is 3.14. The van der Waals surface area contributed by atoms with Crippen LogP contribution in [0.1, 0.15) is 5.56 Å². The van der Waals surface area contributed by atoms with Crippen molar-refractivity contribution in [1.82, 2.24) is 15.5 Å². The Morgan fingerprint density at radius 3 is 2.81 bits per heavy atom. The van der Waals surface area contributed by atoms with E-state index in [-0.39, 0.29) is 6.03 Å². The molecule has 1 aromatic carbocycles. The number of nitrogens with zero attached hydrogens (tertiary/aromatic N) is 1. The van der Waals surface area contributed by atoms with Crippen molar-refractivity contribution in [2.45, 2.75) is 6.54 Å². The second-order valence-corrected chi connectivity index (χ2v) is 5.76. The van der Waals surface area contributed by atoms with Gasteiger partial charge in [0, 0.05) is 33.7 Å². The highest BCUT2D eigenvalue weighted by molar-refractivity contribution is 9.10.